The molecule has 1 fully saturated rings. The molecule has 0 bridgehead atoms. The number of hydrogen-bond donors (Lipinski definition) is 3. The molecule has 1 heterocycles. The summed E-state index contributed by atoms with van der Waals surface area (Å²) in [6, 6.07) is -1.68. The number of carboxylic acid groups (broad SMARTS) is 1. The first-order valence-electron chi connectivity index (χ1n) is 5.33. The summed E-state index contributed by atoms with van der Waals surface area (Å²) in [6.45, 7) is 2.92. The van der Waals surface area contributed by atoms with E-state index >= 15 is 0 Å². The maximum Gasteiger partial charge on any atom is 0.326 e. The van der Waals surface area contributed by atoms with Crippen molar-refractivity contribution in [2.45, 2.75) is 31.8 Å². The molecule has 1 rings (SSSR count). The van der Waals surface area contributed by atoms with Crippen molar-refractivity contribution in [1.29, 1.82) is 0 Å². The highest BCUT2D eigenvalue weighted by atomic mass is 31.2. The average Bonchev–Trinajstić information content (AvgIpc) is 2.61. The van der Waals surface area contributed by atoms with Gasteiger partial charge in [-0.25, -0.2) is 9.88 Å². The van der Waals surface area contributed by atoms with Crippen LogP contribution in [-0.2, 0) is 14.2 Å². The van der Waals surface area contributed by atoms with Crippen LogP contribution >= 0.6 is 7.52 Å². The summed E-state index contributed by atoms with van der Waals surface area (Å²) >= 11 is 0. The van der Waals surface area contributed by atoms with E-state index < -0.39 is 31.5 Å². The van der Waals surface area contributed by atoms with E-state index in [1.54, 1.807) is 0 Å². The molecule has 17 heavy (non-hydrogen) atoms. The van der Waals surface area contributed by atoms with Gasteiger partial charge in [-0.05, 0) is 19.8 Å². The predicted octanol–water partition coefficient (Wildman–Crippen LogP) is -0.145. The summed E-state index contributed by atoms with van der Waals surface area (Å²) in [7, 11) is -3.50. The highest BCUT2D eigenvalue weighted by Crippen LogP contribution is 2.30. The normalized spacial score (nSPS) is 25.4. The number of rotatable bonds is 4. The summed E-state index contributed by atoms with van der Waals surface area (Å²) in [5.74, 6) is -1.49. The number of nitrogens with zero attached hydrogens (tertiary/aromatic N) is 1. The van der Waals surface area contributed by atoms with Crippen LogP contribution in [0, 0.1) is 0 Å². The molecule has 0 aliphatic carbocycles. The molecule has 7 nitrogen and oxygen atoms in total. The Morgan fingerprint density at radius 1 is 1.53 bits per heavy atom. The highest BCUT2D eigenvalue weighted by molar-refractivity contribution is 7.55. The minimum Gasteiger partial charge on any atom is -0.480 e. The van der Waals surface area contributed by atoms with Crippen molar-refractivity contribution < 1.29 is 24.2 Å². The van der Waals surface area contributed by atoms with Gasteiger partial charge in [0.05, 0.1) is 6.04 Å². The number of amides is 1. The average molecular weight is 264 g/mol. The molecule has 1 amide bonds. The number of carbonyl (C=O) groups excluding carboxylic acids is 1. The van der Waals surface area contributed by atoms with Crippen LogP contribution in [0.2, 0.25) is 0 Å². The molecule has 0 spiro atoms. The van der Waals surface area contributed by atoms with Crippen molar-refractivity contribution >= 4 is 19.4 Å². The van der Waals surface area contributed by atoms with Crippen LogP contribution in [0.5, 0.6) is 0 Å². The highest BCUT2D eigenvalue weighted by Gasteiger charge is 2.36. The number of nitrogens with one attached hydrogen (secondary N) is 1. The smallest absolute Gasteiger partial charge is 0.326 e. The Labute approximate surface area is 99.3 Å². The zero-order valence-corrected chi connectivity index (χ0v) is 10.7. The van der Waals surface area contributed by atoms with E-state index in [0.29, 0.717) is 19.4 Å². The summed E-state index contributed by atoms with van der Waals surface area (Å²) in [5, 5.41) is 11.2. The number of aliphatic carboxylic acids is 1. The molecule has 1 saturated heterocycles. The van der Waals surface area contributed by atoms with E-state index in [1.807, 2.05) is 0 Å². The van der Waals surface area contributed by atoms with Crippen LogP contribution in [-0.4, -0.2) is 52.1 Å². The van der Waals surface area contributed by atoms with Crippen LogP contribution in [0.4, 0.5) is 0 Å². The molecule has 0 aromatic carbocycles. The van der Waals surface area contributed by atoms with Gasteiger partial charge >= 0.3 is 5.97 Å². The lowest BCUT2D eigenvalue weighted by atomic mass is 10.2. The Bertz CT molecular complexity index is 366. The van der Waals surface area contributed by atoms with E-state index in [4.69, 9.17) is 10.00 Å². The van der Waals surface area contributed by atoms with Gasteiger partial charge in [-0.2, -0.15) is 0 Å². The quantitative estimate of drug-likeness (QED) is 0.610. The Balaban J connectivity index is 2.69. The fourth-order valence-corrected chi connectivity index (χ4v) is 2.78. The molecule has 3 N–H and O–H groups in total. The van der Waals surface area contributed by atoms with Crippen LogP contribution in [0.1, 0.15) is 19.8 Å². The van der Waals surface area contributed by atoms with Crippen LogP contribution in [0.25, 0.3) is 0 Å². The van der Waals surface area contributed by atoms with E-state index in [-0.39, 0.29) is 0 Å². The second kappa shape index (κ2) is 5.16. The largest absolute Gasteiger partial charge is 0.480 e. The lowest BCUT2D eigenvalue weighted by molar-refractivity contribution is -0.148. The molecule has 0 aromatic heterocycles. The molecule has 1 aliphatic rings. The fraction of sp³-hybridized carbons (Fsp3) is 0.778. The second-order valence-corrected chi connectivity index (χ2v) is 6.27. The first kappa shape index (κ1) is 14.2. The lowest BCUT2D eigenvalue weighted by Crippen LogP contribution is -2.48. The van der Waals surface area contributed by atoms with Gasteiger partial charge in [-0.3, -0.25) is 9.36 Å². The summed E-state index contributed by atoms with van der Waals surface area (Å²) < 4.78 is 11.1. The molecular formula is C9H17N2O5P. The van der Waals surface area contributed by atoms with Gasteiger partial charge in [0.25, 0.3) is 7.52 Å². The van der Waals surface area contributed by atoms with E-state index in [0.717, 1.165) is 6.66 Å². The molecule has 0 aromatic rings. The van der Waals surface area contributed by atoms with Gasteiger partial charge in [0.2, 0.25) is 5.91 Å². The van der Waals surface area contributed by atoms with Gasteiger partial charge < -0.3 is 14.9 Å². The molecule has 1 aliphatic heterocycles. The molecule has 1 unspecified atom stereocenters. The Kier molecular flexibility index (Phi) is 4.30. The monoisotopic (exact) mass is 264 g/mol. The summed E-state index contributed by atoms with van der Waals surface area (Å²) in [6.07, 6.45) is 1.06. The van der Waals surface area contributed by atoms with Gasteiger partial charge in [0.1, 0.15) is 6.04 Å². The molecule has 3 atom stereocenters. The third-order valence-electron chi connectivity index (χ3n) is 2.62. The van der Waals surface area contributed by atoms with Gasteiger partial charge in [0.15, 0.2) is 0 Å². The van der Waals surface area contributed by atoms with Crippen molar-refractivity contribution in [3.8, 4) is 0 Å². The first-order chi connectivity index (χ1) is 7.72. The number of hydrogen-bond acceptors (Lipinski definition) is 3. The summed E-state index contributed by atoms with van der Waals surface area (Å²) in [5.41, 5.74) is 0. The molecule has 0 radical (unpaired) electrons. The fourth-order valence-electron chi connectivity index (χ4n) is 1.95. The van der Waals surface area contributed by atoms with Crippen LogP contribution < -0.4 is 5.09 Å². The number of carboxylic acids is 1. The lowest BCUT2D eigenvalue weighted by Gasteiger charge is -2.25. The standard InChI is InChI=1S/C9H17N2O5P/c1-6(10-17(2,15)16)8(12)11-5-3-4-7(11)9(13)14/h6-7H,3-5H2,1-2H3,(H,13,14)(H2,10,15,16)/t6-,7-/m0/s1. The SMILES string of the molecule is C[C@H](NP(C)(=O)O)C(=O)N1CCC[C@H]1C(=O)O. The minimum atomic E-state index is -3.50. The van der Waals surface area contributed by atoms with Crippen LogP contribution in [0.3, 0.4) is 0 Å². The predicted molar refractivity (Wildman–Crippen MR) is 60.7 cm³/mol. The van der Waals surface area contributed by atoms with Crippen LogP contribution in [0.15, 0.2) is 0 Å². The Morgan fingerprint density at radius 2 is 2.12 bits per heavy atom. The maximum atomic E-state index is 11.9. The molecule has 8 heteroatoms. The number of carbonyl (C=O) groups is 2. The summed E-state index contributed by atoms with van der Waals surface area (Å²) in [4.78, 5) is 33.2. The van der Waals surface area contributed by atoms with Gasteiger partial charge in [-0.15, -0.1) is 0 Å². The van der Waals surface area contributed by atoms with Gasteiger partial charge in [-0.1, -0.05) is 0 Å². The van der Waals surface area contributed by atoms with Crippen molar-refractivity contribution in [2.24, 2.45) is 0 Å². The van der Waals surface area contributed by atoms with Crippen molar-refractivity contribution in [1.82, 2.24) is 9.99 Å². The molecule has 0 saturated carbocycles. The van der Waals surface area contributed by atoms with E-state index in [2.05, 4.69) is 5.09 Å². The Morgan fingerprint density at radius 3 is 2.59 bits per heavy atom. The van der Waals surface area contributed by atoms with Crippen molar-refractivity contribution in [2.75, 3.05) is 13.2 Å². The number of likely N-dealkylation sites (tertiary alicyclic amines) is 1. The Hall–Kier alpha value is -0.910. The molecule has 98 valence electrons. The third kappa shape index (κ3) is 3.80. The van der Waals surface area contributed by atoms with E-state index in [9.17, 15) is 14.2 Å². The van der Waals surface area contributed by atoms with Crippen molar-refractivity contribution in [3.63, 3.8) is 0 Å². The molecular weight excluding hydrogens is 247 g/mol. The minimum absolute atomic E-state index is 0.376. The first-order valence-corrected chi connectivity index (χ1v) is 7.44. The maximum absolute atomic E-state index is 11.9. The van der Waals surface area contributed by atoms with Crippen molar-refractivity contribution in [3.05, 3.63) is 0 Å². The van der Waals surface area contributed by atoms with Gasteiger partial charge in [0, 0.05) is 13.2 Å². The topological polar surface area (TPSA) is 107 Å². The second-order valence-electron chi connectivity index (χ2n) is 4.26. The zero-order chi connectivity index (χ0) is 13.2. The van der Waals surface area contributed by atoms with E-state index in [1.165, 1.54) is 11.8 Å². The zero-order valence-electron chi connectivity index (χ0n) is 9.79. The third-order valence-corrected chi connectivity index (χ3v) is 3.49.